The molecule has 1 atom stereocenters. The van der Waals surface area contributed by atoms with E-state index in [1.165, 1.54) is 10.6 Å². The van der Waals surface area contributed by atoms with Crippen LogP contribution in [0.5, 0.6) is 0 Å². The Kier molecular flexibility index (Phi) is 6.13. The van der Waals surface area contributed by atoms with Crippen LogP contribution >= 0.6 is 12.2 Å². The Morgan fingerprint density at radius 1 is 1.19 bits per heavy atom. The first-order chi connectivity index (χ1) is 14.9. The van der Waals surface area contributed by atoms with Crippen LogP contribution in [0.3, 0.4) is 0 Å². The van der Waals surface area contributed by atoms with Gasteiger partial charge in [0.2, 0.25) is 5.91 Å². The van der Waals surface area contributed by atoms with E-state index in [0.29, 0.717) is 36.2 Å². The van der Waals surface area contributed by atoms with Crippen LogP contribution in [0, 0.1) is 22.3 Å². The molecule has 0 aliphatic carbocycles. The van der Waals surface area contributed by atoms with Crippen LogP contribution in [0.25, 0.3) is 10.9 Å². The van der Waals surface area contributed by atoms with Gasteiger partial charge in [0.05, 0.1) is 10.9 Å². The molecule has 0 radical (unpaired) electrons. The number of nitrogens with zero attached hydrogens (tertiary/aromatic N) is 2. The highest BCUT2D eigenvalue weighted by Crippen LogP contribution is 2.25. The monoisotopic (exact) mass is 444 g/mol. The molecule has 1 aliphatic heterocycles. The molecule has 1 aromatic heterocycles. The molecule has 3 aromatic rings. The first-order valence-electron chi connectivity index (χ1n) is 10.1. The molecular weight excluding hydrogens is 422 g/mol. The third-order valence-corrected chi connectivity index (χ3v) is 5.92. The summed E-state index contributed by atoms with van der Waals surface area (Å²) in [4.78, 5) is 29.9. The zero-order valence-electron chi connectivity index (χ0n) is 16.7. The minimum absolute atomic E-state index is 0.134. The molecule has 1 unspecified atom stereocenters. The molecule has 6 nitrogen and oxygen atoms in total. The second kappa shape index (κ2) is 8.97. The fraction of sp³-hybridized carbons (Fsp3) is 0.318. The molecule has 162 valence electrons. The number of fused-ring (bicyclic) bond motifs is 1. The second-order valence-electron chi connectivity index (χ2n) is 7.69. The first-order valence-corrected chi connectivity index (χ1v) is 10.5. The van der Waals surface area contributed by atoms with E-state index in [0.717, 1.165) is 12.5 Å². The lowest BCUT2D eigenvalue weighted by Gasteiger charge is -2.19. The maximum absolute atomic E-state index is 13.5. The van der Waals surface area contributed by atoms with Gasteiger partial charge in [-0.15, -0.1) is 0 Å². The number of benzene rings is 2. The highest BCUT2D eigenvalue weighted by molar-refractivity contribution is 7.71. The lowest BCUT2D eigenvalue weighted by molar-refractivity contribution is -0.121. The summed E-state index contributed by atoms with van der Waals surface area (Å²) in [6.07, 6.45) is 0.976. The quantitative estimate of drug-likeness (QED) is 0.572. The van der Waals surface area contributed by atoms with Crippen LogP contribution < -0.4 is 15.8 Å². The van der Waals surface area contributed by atoms with Crippen LogP contribution in [0.4, 0.5) is 14.5 Å². The fourth-order valence-corrected chi connectivity index (χ4v) is 4.16. The van der Waals surface area contributed by atoms with Gasteiger partial charge in [-0.1, -0.05) is 12.1 Å². The van der Waals surface area contributed by atoms with Crippen molar-refractivity contribution in [2.24, 2.45) is 5.92 Å². The lowest BCUT2D eigenvalue weighted by atomic mass is 10.1. The van der Waals surface area contributed by atoms with E-state index >= 15 is 0 Å². The van der Waals surface area contributed by atoms with Crippen molar-refractivity contribution in [1.82, 2.24) is 14.9 Å². The van der Waals surface area contributed by atoms with Gasteiger partial charge in [0.25, 0.3) is 5.56 Å². The predicted molar refractivity (Wildman–Crippen MR) is 118 cm³/mol. The van der Waals surface area contributed by atoms with E-state index in [4.69, 9.17) is 12.2 Å². The van der Waals surface area contributed by atoms with Crippen LogP contribution in [-0.4, -0.2) is 35.1 Å². The van der Waals surface area contributed by atoms with Gasteiger partial charge in [0, 0.05) is 44.4 Å². The summed E-state index contributed by atoms with van der Waals surface area (Å²) in [6.45, 7) is 2.04. The van der Waals surface area contributed by atoms with Gasteiger partial charge in [-0.05, 0) is 48.8 Å². The smallest absolute Gasteiger partial charge is 0.262 e. The summed E-state index contributed by atoms with van der Waals surface area (Å²) in [7, 11) is 0. The summed E-state index contributed by atoms with van der Waals surface area (Å²) in [5.41, 5.74) is 1.09. The van der Waals surface area contributed by atoms with E-state index in [9.17, 15) is 18.4 Å². The second-order valence-corrected chi connectivity index (χ2v) is 8.07. The Hall–Kier alpha value is -3.07. The SMILES string of the molecule is O=C(CCn1c(=S)[nH]c2ccccc2c1=O)NCC1CCN(c2ccc(F)c(F)c2)C1. The molecule has 0 saturated carbocycles. The number of aromatic amines is 1. The summed E-state index contributed by atoms with van der Waals surface area (Å²) in [5.74, 6) is -1.68. The molecule has 2 aromatic carbocycles. The Morgan fingerprint density at radius 2 is 2.00 bits per heavy atom. The zero-order chi connectivity index (χ0) is 22.0. The van der Waals surface area contributed by atoms with Crippen molar-refractivity contribution in [3.8, 4) is 0 Å². The number of rotatable bonds is 6. The molecule has 9 heteroatoms. The minimum atomic E-state index is -0.864. The zero-order valence-corrected chi connectivity index (χ0v) is 17.6. The Morgan fingerprint density at radius 3 is 2.81 bits per heavy atom. The minimum Gasteiger partial charge on any atom is -0.371 e. The molecule has 1 amide bonds. The van der Waals surface area contributed by atoms with Crippen molar-refractivity contribution in [3.05, 3.63) is 69.2 Å². The van der Waals surface area contributed by atoms with Crippen molar-refractivity contribution in [2.45, 2.75) is 19.4 Å². The molecule has 31 heavy (non-hydrogen) atoms. The number of aromatic nitrogens is 2. The largest absolute Gasteiger partial charge is 0.371 e. The number of carbonyl (C=O) groups is 1. The van der Waals surface area contributed by atoms with E-state index in [1.807, 2.05) is 11.0 Å². The van der Waals surface area contributed by atoms with Crippen molar-refractivity contribution in [2.75, 3.05) is 24.5 Å². The average Bonchev–Trinajstić information content (AvgIpc) is 3.23. The van der Waals surface area contributed by atoms with Crippen molar-refractivity contribution < 1.29 is 13.6 Å². The number of nitrogens with one attached hydrogen (secondary N) is 2. The molecule has 2 N–H and O–H groups in total. The summed E-state index contributed by atoms with van der Waals surface area (Å²) < 4.78 is 28.3. The summed E-state index contributed by atoms with van der Waals surface area (Å²) >= 11 is 5.27. The molecule has 0 bridgehead atoms. The number of amides is 1. The van der Waals surface area contributed by atoms with Crippen LogP contribution in [0.15, 0.2) is 47.3 Å². The number of anilines is 1. The van der Waals surface area contributed by atoms with Gasteiger partial charge in [-0.2, -0.15) is 0 Å². The molecule has 2 heterocycles. The molecule has 4 rings (SSSR count). The van der Waals surface area contributed by atoms with Gasteiger partial charge in [0.15, 0.2) is 16.4 Å². The molecule has 1 aliphatic rings. The Labute approximate surface area is 182 Å². The first kappa shape index (κ1) is 21.2. The van der Waals surface area contributed by atoms with Gasteiger partial charge >= 0.3 is 0 Å². The van der Waals surface area contributed by atoms with Gasteiger partial charge in [-0.25, -0.2) is 8.78 Å². The number of H-pyrrole nitrogens is 1. The van der Waals surface area contributed by atoms with Crippen molar-refractivity contribution >= 4 is 34.7 Å². The van der Waals surface area contributed by atoms with E-state index < -0.39 is 11.6 Å². The number of carbonyl (C=O) groups excluding carboxylic acids is 1. The number of halogens is 2. The lowest BCUT2D eigenvalue weighted by Crippen LogP contribution is -2.32. The van der Waals surface area contributed by atoms with Crippen molar-refractivity contribution in [1.29, 1.82) is 0 Å². The van der Waals surface area contributed by atoms with Crippen LogP contribution in [-0.2, 0) is 11.3 Å². The van der Waals surface area contributed by atoms with Crippen LogP contribution in [0.2, 0.25) is 0 Å². The normalized spacial score (nSPS) is 16.1. The summed E-state index contributed by atoms with van der Waals surface area (Å²) in [5, 5.41) is 3.43. The number of hydrogen-bond acceptors (Lipinski definition) is 4. The maximum Gasteiger partial charge on any atom is 0.262 e. The number of hydrogen-bond donors (Lipinski definition) is 2. The molecule has 1 fully saturated rings. The molecule has 1 saturated heterocycles. The third kappa shape index (κ3) is 4.66. The average molecular weight is 445 g/mol. The van der Waals surface area contributed by atoms with Crippen molar-refractivity contribution in [3.63, 3.8) is 0 Å². The van der Waals surface area contributed by atoms with E-state index in [2.05, 4.69) is 10.3 Å². The third-order valence-electron chi connectivity index (χ3n) is 5.59. The van der Waals surface area contributed by atoms with Gasteiger partial charge < -0.3 is 15.2 Å². The van der Waals surface area contributed by atoms with E-state index in [1.54, 1.807) is 24.3 Å². The topological polar surface area (TPSA) is 70.1 Å². The summed E-state index contributed by atoms with van der Waals surface area (Å²) in [6, 6.07) is 11.0. The molecular formula is C22H22F2N4O2S. The molecule has 0 spiro atoms. The number of para-hydroxylation sites is 1. The van der Waals surface area contributed by atoms with Gasteiger partial charge in [-0.3, -0.25) is 14.2 Å². The maximum atomic E-state index is 13.5. The van der Waals surface area contributed by atoms with Crippen LogP contribution in [0.1, 0.15) is 12.8 Å². The van der Waals surface area contributed by atoms with E-state index in [-0.39, 0.29) is 35.1 Å². The predicted octanol–water partition coefficient (Wildman–Crippen LogP) is 3.37. The highest BCUT2D eigenvalue weighted by Gasteiger charge is 2.23. The Balaban J connectivity index is 1.30. The fourth-order valence-electron chi connectivity index (χ4n) is 3.88. The highest BCUT2D eigenvalue weighted by atomic mass is 32.1. The van der Waals surface area contributed by atoms with Gasteiger partial charge in [0.1, 0.15) is 0 Å². The Bertz CT molecular complexity index is 1240. The standard InChI is InChI=1S/C22H22F2N4O2S/c23-17-6-5-15(11-18(17)24)27-9-7-14(13-27)12-25-20(29)8-10-28-21(30)16-3-1-2-4-19(16)26-22(28)31/h1-6,11,14H,7-10,12-13H2,(H,25,29)(H,26,31).